The van der Waals surface area contributed by atoms with Crippen LogP contribution in [-0.4, -0.2) is 6.61 Å². The third kappa shape index (κ3) is 5.57. The number of nitrogens with one attached hydrogen (secondary N) is 1. The van der Waals surface area contributed by atoms with Gasteiger partial charge in [0.2, 0.25) is 0 Å². The summed E-state index contributed by atoms with van der Waals surface area (Å²) in [7, 11) is 0. The van der Waals surface area contributed by atoms with Crippen molar-refractivity contribution in [2.45, 2.75) is 20.1 Å². The van der Waals surface area contributed by atoms with Crippen molar-refractivity contribution >= 4 is 44.8 Å². The van der Waals surface area contributed by atoms with Crippen molar-refractivity contribution < 1.29 is 9.47 Å². The molecule has 0 spiro atoms. The Morgan fingerprint density at radius 1 is 0.929 bits per heavy atom. The first-order valence-electron chi connectivity index (χ1n) is 8.87. The van der Waals surface area contributed by atoms with Crippen LogP contribution >= 0.6 is 39.1 Å². The summed E-state index contributed by atoms with van der Waals surface area (Å²) in [5.74, 6) is 1.39. The molecule has 3 nitrogen and oxygen atoms in total. The van der Waals surface area contributed by atoms with E-state index in [0.29, 0.717) is 41.3 Å². The zero-order chi connectivity index (χ0) is 19.9. The first kappa shape index (κ1) is 20.8. The van der Waals surface area contributed by atoms with E-state index in [0.717, 1.165) is 21.3 Å². The van der Waals surface area contributed by atoms with Gasteiger partial charge in [-0.1, -0.05) is 53.5 Å². The Morgan fingerprint density at radius 3 is 2.43 bits per heavy atom. The molecule has 0 heterocycles. The lowest BCUT2D eigenvalue weighted by Gasteiger charge is -2.16. The van der Waals surface area contributed by atoms with E-state index in [4.69, 9.17) is 32.7 Å². The molecule has 0 bridgehead atoms. The molecule has 0 aliphatic rings. The summed E-state index contributed by atoms with van der Waals surface area (Å²) < 4.78 is 12.7. The third-order valence-corrected chi connectivity index (χ3v) is 5.15. The van der Waals surface area contributed by atoms with Gasteiger partial charge >= 0.3 is 0 Å². The highest BCUT2D eigenvalue weighted by atomic mass is 79.9. The fourth-order valence-corrected chi connectivity index (χ4v) is 3.77. The summed E-state index contributed by atoms with van der Waals surface area (Å²) in [5, 5.41) is 4.51. The maximum atomic E-state index is 6.23. The molecule has 0 aliphatic carbocycles. The highest BCUT2D eigenvalue weighted by Crippen LogP contribution is 2.38. The molecule has 146 valence electrons. The number of rotatable bonds is 8. The van der Waals surface area contributed by atoms with Gasteiger partial charge in [0.15, 0.2) is 11.5 Å². The molecule has 0 saturated carbocycles. The van der Waals surface area contributed by atoms with Gasteiger partial charge in [-0.15, -0.1) is 0 Å². The second-order valence-electron chi connectivity index (χ2n) is 6.09. The smallest absolute Gasteiger partial charge is 0.175 e. The number of hydrogen-bond acceptors (Lipinski definition) is 3. The van der Waals surface area contributed by atoms with Gasteiger partial charge in [-0.25, -0.2) is 0 Å². The average Bonchev–Trinajstić information content (AvgIpc) is 2.68. The van der Waals surface area contributed by atoms with Crippen LogP contribution in [0.3, 0.4) is 0 Å². The van der Waals surface area contributed by atoms with Crippen molar-refractivity contribution in [3.8, 4) is 11.5 Å². The fraction of sp³-hybridized carbons (Fsp3) is 0.182. The average molecular weight is 481 g/mol. The molecule has 0 aliphatic heterocycles. The monoisotopic (exact) mass is 479 g/mol. The number of anilines is 1. The molecular formula is C22H20BrCl2NO2. The molecule has 0 saturated heterocycles. The van der Waals surface area contributed by atoms with E-state index in [1.54, 1.807) is 12.1 Å². The Labute approximate surface area is 183 Å². The highest BCUT2D eigenvalue weighted by molar-refractivity contribution is 9.10. The maximum Gasteiger partial charge on any atom is 0.175 e. The predicted octanol–water partition coefficient (Wildman–Crippen LogP) is 7.35. The maximum absolute atomic E-state index is 6.23. The zero-order valence-corrected chi connectivity index (χ0v) is 18.4. The van der Waals surface area contributed by atoms with Crippen molar-refractivity contribution in [3.05, 3.63) is 86.3 Å². The van der Waals surface area contributed by atoms with E-state index < -0.39 is 0 Å². The molecule has 3 aromatic rings. The van der Waals surface area contributed by atoms with Crippen LogP contribution in [0, 0.1) is 0 Å². The summed E-state index contributed by atoms with van der Waals surface area (Å²) in [6, 6.07) is 19.4. The van der Waals surface area contributed by atoms with E-state index in [2.05, 4.69) is 21.2 Å². The number of benzene rings is 3. The van der Waals surface area contributed by atoms with Gasteiger partial charge in [-0.05, 0) is 64.3 Å². The van der Waals surface area contributed by atoms with Crippen LogP contribution < -0.4 is 14.8 Å². The van der Waals surface area contributed by atoms with E-state index in [1.165, 1.54) is 0 Å². The molecule has 1 N–H and O–H groups in total. The number of ether oxygens (including phenoxy) is 2. The first-order chi connectivity index (χ1) is 13.6. The van der Waals surface area contributed by atoms with Crippen LogP contribution in [0.25, 0.3) is 0 Å². The number of halogens is 3. The fourth-order valence-electron chi connectivity index (χ4n) is 2.69. The first-order valence-corrected chi connectivity index (χ1v) is 10.4. The van der Waals surface area contributed by atoms with Crippen molar-refractivity contribution in [2.75, 3.05) is 11.9 Å². The Morgan fingerprint density at radius 2 is 1.71 bits per heavy atom. The Balaban J connectivity index is 1.75. The van der Waals surface area contributed by atoms with E-state index in [1.807, 2.05) is 55.5 Å². The van der Waals surface area contributed by atoms with E-state index >= 15 is 0 Å². The molecule has 0 fully saturated rings. The van der Waals surface area contributed by atoms with Gasteiger partial charge < -0.3 is 14.8 Å². The van der Waals surface area contributed by atoms with Crippen LogP contribution in [0.4, 0.5) is 5.69 Å². The van der Waals surface area contributed by atoms with Gasteiger partial charge in [0.05, 0.1) is 21.8 Å². The lowest BCUT2D eigenvalue weighted by molar-refractivity contribution is 0.267. The molecule has 0 amide bonds. The summed E-state index contributed by atoms with van der Waals surface area (Å²) in [4.78, 5) is 0. The minimum absolute atomic E-state index is 0.470. The molecule has 0 atom stereocenters. The molecule has 0 radical (unpaired) electrons. The van der Waals surface area contributed by atoms with Gasteiger partial charge in [0.1, 0.15) is 6.61 Å². The van der Waals surface area contributed by atoms with Crippen molar-refractivity contribution in [1.82, 2.24) is 0 Å². The summed E-state index contributed by atoms with van der Waals surface area (Å²) in [6.07, 6.45) is 0. The molecule has 0 aromatic heterocycles. The minimum atomic E-state index is 0.470. The molecular weight excluding hydrogens is 461 g/mol. The molecule has 0 unspecified atom stereocenters. The Hall–Kier alpha value is -1.88. The van der Waals surface area contributed by atoms with Gasteiger partial charge in [0, 0.05) is 11.6 Å². The van der Waals surface area contributed by atoms with Crippen molar-refractivity contribution in [2.24, 2.45) is 0 Å². The standard InChI is InChI=1S/C22H20BrCl2NO2/c1-2-27-21-11-16(13-26-20-9-8-17(24)12-19(20)25)10-18(23)22(21)28-14-15-6-4-3-5-7-15/h3-12,26H,2,13-14H2,1H3. The highest BCUT2D eigenvalue weighted by Gasteiger charge is 2.13. The summed E-state index contributed by atoms with van der Waals surface area (Å²) >= 11 is 15.8. The largest absolute Gasteiger partial charge is 0.490 e. The van der Waals surface area contributed by atoms with Gasteiger partial charge in [0.25, 0.3) is 0 Å². The van der Waals surface area contributed by atoms with Crippen LogP contribution in [-0.2, 0) is 13.2 Å². The second kappa shape index (κ2) is 10.1. The SMILES string of the molecule is CCOc1cc(CNc2ccc(Cl)cc2Cl)cc(Br)c1OCc1ccccc1. The topological polar surface area (TPSA) is 30.5 Å². The van der Waals surface area contributed by atoms with Crippen molar-refractivity contribution in [1.29, 1.82) is 0 Å². The molecule has 6 heteroatoms. The molecule has 3 rings (SSSR count). The van der Waals surface area contributed by atoms with Crippen LogP contribution in [0.2, 0.25) is 10.0 Å². The Bertz CT molecular complexity index is 935. The lowest BCUT2D eigenvalue weighted by Crippen LogP contribution is -2.04. The van der Waals surface area contributed by atoms with Gasteiger partial charge in [-0.2, -0.15) is 0 Å². The lowest BCUT2D eigenvalue weighted by atomic mass is 10.2. The normalized spacial score (nSPS) is 10.6. The zero-order valence-electron chi connectivity index (χ0n) is 15.3. The quantitative estimate of drug-likeness (QED) is 0.365. The van der Waals surface area contributed by atoms with Crippen molar-refractivity contribution in [3.63, 3.8) is 0 Å². The molecule has 28 heavy (non-hydrogen) atoms. The van der Waals surface area contributed by atoms with Crippen LogP contribution in [0.5, 0.6) is 11.5 Å². The molecule has 3 aromatic carbocycles. The number of hydrogen-bond donors (Lipinski definition) is 1. The Kier molecular flexibility index (Phi) is 7.49. The second-order valence-corrected chi connectivity index (χ2v) is 7.79. The van der Waals surface area contributed by atoms with Crippen LogP contribution in [0.15, 0.2) is 65.1 Å². The summed E-state index contributed by atoms with van der Waals surface area (Å²) in [5.41, 5.74) is 2.96. The van der Waals surface area contributed by atoms with E-state index in [-0.39, 0.29) is 0 Å². The van der Waals surface area contributed by atoms with Gasteiger partial charge in [-0.3, -0.25) is 0 Å². The van der Waals surface area contributed by atoms with Crippen LogP contribution in [0.1, 0.15) is 18.1 Å². The summed E-state index contributed by atoms with van der Waals surface area (Å²) in [6.45, 7) is 3.55. The van der Waals surface area contributed by atoms with E-state index in [9.17, 15) is 0 Å². The predicted molar refractivity (Wildman–Crippen MR) is 120 cm³/mol. The third-order valence-electron chi connectivity index (χ3n) is 4.01. The minimum Gasteiger partial charge on any atom is -0.490 e.